The van der Waals surface area contributed by atoms with E-state index in [0.717, 1.165) is 11.1 Å². The van der Waals surface area contributed by atoms with Crippen LogP contribution in [0.15, 0.2) is 48.5 Å². The Morgan fingerprint density at radius 2 is 1.86 bits per heavy atom. The summed E-state index contributed by atoms with van der Waals surface area (Å²) in [6.45, 7) is 3.54. The largest absolute Gasteiger partial charge is 0.490 e. The first-order valence-electron chi connectivity index (χ1n) is 6.65. The molecule has 2 aromatic carbocycles. The van der Waals surface area contributed by atoms with Gasteiger partial charge in [0.15, 0.2) is 0 Å². The van der Waals surface area contributed by atoms with Crippen molar-refractivity contribution in [2.45, 2.75) is 19.4 Å². The molecule has 0 fully saturated rings. The maximum absolute atomic E-state index is 11.0. The molecule has 0 radical (unpaired) electrons. The predicted molar refractivity (Wildman–Crippen MR) is 79.6 cm³/mol. The molecule has 4 nitrogen and oxygen atoms in total. The van der Waals surface area contributed by atoms with Crippen molar-refractivity contribution in [3.8, 4) is 5.75 Å². The van der Waals surface area contributed by atoms with Crippen LogP contribution < -0.4 is 4.74 Å². The maximum atomic E-state index is 11.0. The smallest absolute Gasteiger partial charge is 0.335 e. The quantitative estimate of drug-likeness (QED) is 0.886. The topological polar surface area (TPSA) is 66.8 Å². The van der Waals surface area contributed by atoms with Gasteiger partial charge < -0.3 is 14.9 Å². The van der Waals surface area contributed by atoms with Gasteiger partial charge in [-0.25, -0.2) is 4.79 Å². The summed E-state index contributed by atoms with van der Waals surface area (Å²) in [5, 5.41) is 19.5. The van der Waals surface area contributed by atoms with Crippen molar-refractivity contribution in [2.75, 3.05) is 6.61 Å². The van der Waals surface area contributed by atoms with Crippen molar-refractivity contribution in [2.24, 2.45) is 0 Å². The Kier molecular flexibility index (Phi) is 4.29. The Labute approximate surface area is 123 Å². The minimum Gasteiger partial charge on any atom is -0.490 e. The van der Waals surface area contributed by atoms with E-state index in [1.165, 1.54) is 12.1 Å². The fraction of sp³-hybridized carbons (Fsp3) is 0.235. The summed E-state index contributed by atoms with van der Waals surface area (Å²) < 4.78 is 5.63. The number of hydrogen-bond acceptors (Lipinski definition) is 3. The van der Waals surface area contributed by atoms with E-state index < -0.39 is 11.6 Å². The highest BCUT2D eigenvalue weighted by Crippen LogP contribution is 2.25. The molecule has 0 saturated carbocycles. The number of hydrogen-bond donors (Lipinski definition) is 2. The Balaban J connectivity index is 2.16. The minimum atomic E-state index is -1.15. The van der Waals surface area contributed by atoms with E-state index in [0.29, 0.717) is 5.75 Å². The second kappa shape index (κ2) is 5.97. The molecular formula is C17H18O4. The molecule has 2 rings (SSSR count). The summed E-state index contributed by atoms with van der Waals surface area (Å²) in [5.41, 5.74) is 0.586. The van der Waals surface area contributed by atoms with Crippen LogP contribution in [0.5, 0.6) is 5.75 Å². The summed E-state index contributed by atoms with van der Waals surface area (Å²) in [6, 6.07) is 13.9. The molecule has 2 N–H and O–H groups in total. The Hall–Kier alpha value is -2.33. The summed E-state index contributed by atoms with van der Waals surface area (Å²) in [4.78, 5) is 11.0. The Bertz CT molecular complexity index is 632. The van der Waals surface area contributed by atoms with E-state index in [2.05, 4.69) is 0 Å². The van der Waals surface area contributed by atoms with Crippen molar-refractivity contribution < 1.29 is 19.7 Å². The van der Waals surface area contributed by atoms with Gasteiger partial charge in [-0.1, -0.05) is 36.4 Å². The lowest BCUT2D eigenvalue weighted by molar-refractivity contribution is 0.00738. The van der Waals surface area contributed by atoms with E-state index in [1.807, 2.05) is 37.3 Å². The van der Waals surface area contributed by atoms with Gasteiger partial charge in [-0.15, -0.1) is 0 Å². The van der Waals surface area contributed by atoms with Crippen LogP contribution in [0.25, 0.3) is 0 Å². The van der Waals surface area contributed by atoms with Crippen LogP contribution in [0, 0.1) is 6.92 Å². The molecule has 21 heavy (non-hydrogen) atoms. The van der Waals surface area contributed by atoms with Crippen LogP contribution in [-0.4, -0.2) is 22.8 Å². The van der Waals surface area contributed by atoms with E-state index in [9.17, 15) is 9.90 Å². The summed E-state index contributed by atoms with van der Waals surface area (Å²) in [7, 11) is 0. The van der Waals surface area contributed by atoms with Crippen LogP contribution in [0.3, 0.4) is 0 Å². The van der Waals surface area contributed by atoms with Crippen LogP contribution in [0.4, 0.5) is 0 Å². The Morgan fingerprint density at radius 1 is 1.19 bits per heavy atom. The number of carbonyl (C=O) groups is 1. The average Bonchev–Trinajstić information content (AvgIpc) is 2.47. The van der Waals surface area contributed by atoms with Gasteiger partial charge in [-0.3, -0.25) is 0 Å². The fourth-order valence-corrected chi connectivity index (χ4v) is 1.99. The minimum absolute atomic E-state index is 0.0426. The van der Waals surface area contributed by atoms with Crippen molar-refractivity contribution in [3.63, 3.8) is 0 Å². The van der Waals surface area contributed by atoms with Gasteiger partial charge in [0.2, 0.25) is 0 Å². The summed E-state index contributed by atoms with van der Waals surface area (Å²) in [5.74, 6) is -0.541. The number of ether oxygens (including phenoxy) is 1. The molecule has 0 aliphatic carbocycles. The molecule has 0 spiro atoms. The molecule has 0 saturated heterocycles. The zero-order valence-corrected chi connectivity index (χ0v) is 12.0. The lowest BCUT2D eigenvalue weighted by Gasteiger charge is -2.24. The number of aliphatic hydroxyl groups is 1. The lowest BCUT2D eigenvalue weighted by Crippen LogP contribution is -2.29. The van der Waals surface area contributed by atoms with Gasteiger partial charge in [-0.05, 0) is 37.1 Å². The van der Waals surface area contributed by atoms with Gasteiger partial charge in [0.25, 0.3) is 0 Å². The van der Waals surface area contributed by atoms with Gasteiger partial charge in [0.1, 0.15) is 18.0 Å². The number of aryl methyl sites for hydroxylation is 1. The van der Waals surface area contributed by atoms with Crippen molar-refractivity contribution in [1.29, 1.82) is 0 Å². The third kappa shape index (κ3) is 3.61. The first-order chi connectivity index (χ1) is 9.90. The lowest BCUT2D eigenvalue weighted by atomic mass is 9.97. The van der Waals surface area contributed by atoms with Crippen molar-refractivity contribution >= 4 is 5.97 Å². The van der Waals surface area contributed by atoms with E-state index in [-0.39, 0.29) is 12.2 Å². The van der Waals surface area contributed by atoms with E-state index in [4.69, 9.17) is 9.84 Å². The molecule has 0 aromatic heterocycles. The normalized spacial score (nSPS) is 13.5. The molecule has 0 aliphatic heterocycles. The number of benzene rings is 2. The highest BCUT2D eigenvalue weighted by Gasteiger charge is 2.24. The van der Waals surface area contributed by atoms with Gasteiger partial charge in [-0.2, -0.15) is 0 Å². The highest BCUT2D eigenvalue weighted by atomic mass is 16.5. The highest BCUT2D eigenvalue weighted by molar-refractivity contribution is 5.88. The molecular weight excluding hydrogens is 268 g/mol. The number of rotatable bonds is 5. The SMILES string of the molecule is Cc1ccc(C(=O)O)cc1OCC(C)(O)c1ccccc1. The fourth-order valence-electron chi connectivity index (χ4n) is 1.99. The van der Waals surface area contributed by atoms with Gasteiger partial charge in [0, 0.05) is 0 Å². The maximum Gasteiger partial charge on any atom is 0.335 e. The number of aromatic carboxylic acids is 1. The molecule has 0 aliphatic rings. The first-order valence-corrected chi connectivity index (χ1v) is 6.65. The molecule has 1 unspecified atom stereocenters. The van der Waals surface area contributed by atoms with Gasteiger partial charge in [0.05, 0.1) is 5.56 Å². The number of carboxylic acids is 1. The monoisotopic (exact) mass is 286 g/mol. The van der Waals surface area contributed by atoms with Crippen molar-refractivity contribution in [1.82, 2.24) is 0 Å². The standard InChI is InChI=1S/C17H18O4/c1-12-8-9-13(16(18)19)10-15(12)21-11-17(2,20)14-6-4-3-5-7-14/h3-10,20H,11H2,1-2H3,(H,18,19). The number of carboxylic acid groups (broad SMARTS) is 1. The van der Waals surface area contributed by atoms with Crippen LogP contribution in [0.2, 0.25) is 0 Å². The van der Waals surface area contributed by atoms with Crippen LogP contribution in [-0.2, 0) is 5.60 Å². The average molecular weight is 286 g/mol. The summed E-state index contributed by atoms with van der Waals surface area (Å²) >= 11 is 0. The molecule has 0 heterocycles. The second-order valence-corrected chi connectivity index (χ2v) is 5.21. The second-order valence-electron chi connectivity index (χ2n) is 5.21. The molecule has 2 aromatic rings. The third-order valence-electron chi connectivity index (χ3n) is 3.34. The molecule has 110 valence electrons. The molecule has 4 heteroatoms. The predicted octanol–water partition coefficient (Wildman–Crippen LogP) is 2.98. The molecule has 1 atom stereocenters. The molecule has 0 bridgehead atoms. The summed E-state index contributed by atoms with van der Waals surface area (Å²) in [6.07, 6.45) is 0. The first kappa shape index (κ1) is 15.1. The molecule has 0 amide bonds. The zero-order chi connectivity index (χ0) is 15.5. The van der Waals surface area contributed by atoms with Crippen LogP contribution >= 0.6 is 0 Å². The van der Waals surface area contributed by atoms with Crippen LogP contribution in [0.1, 0.15) is 28.4 Å². The zero-order valence-electron chi connectivity index (χ0n) is 12.0. The third-order valence-corrected chi connectivity index (χ3v) is 3.34. The van der Waals surface area contributed by atoms with Gasteiger partial charge >= 0.3 is 5.97 Å². The van der Waals surface area contributed by atoms with E-state index in [1.54, 1.807) is 13.0 Å². The van der Waals surface area contributed by atoms with E-state index >= 15 is 0 Å². The Morgan fingerprint density at radius 3 is 2.48 bits per heavy atom. The van der Waals surface area contributed by atoms with Crippen molar-refractivity contribution in [3.05, 3.63) is 65.2 Å².